The summed E-state index contributed by atoms with van der Waals surface area (Å²) in [4.78, 5) is 18.8. The minimum atomic E-state index is -0.481. The number of halogens is 2. The van der Waals surface area contributed by atoms with E-state index in [-0.39, 0.29) is 29.7 Å². The summed E-state index contributed by atoms with van der Waals surface area (Å²) in [5.41, 5.74) is 2.89. The van der Waals surface area contributed by atoms with Crippen molar-refractivity contribution >= 4 is 23.4 Å². The van der Waals surface area contributed by atoms with Gasteiger partial charge in [-0.3, -0.25) is 0 Å². The third-order valence-electron chi connectivity index (χ3n) is 4.83. The molecule has 3 N–H and O–H groups in total. The van der Waals surface area contributed by atoms with Crippen molar-refractivity contribution < 1.29 is 14.3 Å². The number of nitrogens with one attached hydrogen (secondary N) is 2. The number of benzene rings is 1. The fourth-order valence-electron chi connectivity index (χ4n) is 3.13. The molecule has 3 rings (SSSR count). The van der Waals surface area contributed by atoms with E-state index < -0.39 is 5.82 Å². The van der Waals surface area contributed by atoms with Crippen LogP contribution in [-0.2, 0) is 13.0 Å². The van der Waals surface area contributed by atoms with E-state index in [1.54, 1.807) is 11.0 Å². The number of urea groups is 1. The Hall–Kier alpha value is -2.38. The largest absolute Gasteiger partial charge is 0.394 e. The molecule has 0 aliphatic carbocycles. The molecule has 1 aliphatic rings. The van der Waals surface area contributed by atoms with Crippen LogP contribution in [0.1, 0.15) is 36.6 Å². The summed E-state index contributed by atoms with van der Waals surface area (Å²) in [6.07, 6.45) is 2.54. The Morgan fingerprint density at radius 2 is 2.14 bits per heavy atom. The summed E-state index contributed by atoms with van der Waals surface area (Å²) in [6.45, 7) is 4.78. The van der Waals surface area contributed by atoms with Crippen molar-refractivity contribution in [3.05, 3.63) is 58.0 Å². The molecule has 0 saturated carbocycles. The monoisotopic (exact) mass is 406 g/mol. The molecule has 0 fully saturated rings. The van der Waals surface area contributed by atoms with Gasteiger partial charge in [0.2, 0.25) is 0 Å². The lowest BCUT2D eigenvalue weighted by Crippen LogP contribution is -2.43. The lowest BCUT2D eigenvalue weighted by molar-refractivity contribution is 0.189. The summed E-state index contributed by atoms with van der Waals surface area (Å²) < 4.78 is 13.3. The number of aliphatic hydroxyl groups is 1. The average Bonchev–Trinajstić information content (AvgIpc) is 2.69. The number of nitrogens with zero attached hydrogens (tertiary/aromatic N) is 2. The minimum Gasteiger partial charge on any atom is -0.394 e. The van der Waals surface area contributed by atoms with Gasteiger partial charge in [0.15, 0.2) is 0 Å². The van der Waals surface area contributed by atoms with Gasteiger partial charge in [0, 0.05) is 25.3 Å². The van der Waals surface area contributed by atoms with Crippen LogP contribution in [0.5, 0.6) is 0 Å². The van der Waals surface area contributed by atoms with Gasteiger partial charge in [0.25, 0.3) is 0 Å². The summed E-state index contributed by atoms with van der Waals surface area (Å²) in [7, 11) is 0. The van der Waals surface area contributed by atoms with E-state index in [1.165, 1.54) is 12.1 Å². The zero-order valence-electron chi connectivity index (χ0n) is 15.9. The molecule has 0 radical (unpaired) electrons. The summed E-state index contributed by atoms with van der Waals surface area (Å²) in [5, 5.41) is 15.3. The zero-order valence-corrected chi connectivity index (χ0v) is 16.6. The summed E-state index contributed by atoms with van der Waals surface area (Å²) in [5.74, 6) is 0.196. The lowest BCUT2D eigenvalue weighted by Gasteiger charge is -2.30. The van der Waals surface area contributed by atoms with Gasteiger partial charge in [-0.2, -0.15) is 0 Å². The Labute approximate surface area is 168 Å². The van der Waals surface area contributed by atoms with Crippen LogP contribution < -0.4 is 10.6 Å². The summed E-state index contributed by atoms with van der Waals surface area (Å²) >= 11 is 5.83. The van der Waals surface area contributed by atoms with E-state index in [0.29, 0.717) is 18.9 Å². The second kappa shape index (κ2) is 8.75. The van der Waals surface area contributed by atoms with Gasteiger partial charge in [-0.05, 0) is 55.2 Å². The molecule has 28 heavy (non-hydrogen) atoms. The standard InChI is InChI=1S/C20H24ClFN4O2/c1-12(11-27)24-19-8-16-10-26(6-5-15(16)9-23-19)20(28)25-13(2)14-3-4-18(22)17(21)7-14/h3-4,7-9,12-13,27H,5-6,10-11H2,1-2H3,(H,23,24)(H,25,28)/t12-,13+/m0/s1. The second-order valence-electron chi connectivity index (χ2n) is 7.08. The van der Waals surface area contributed by atoms with Crippen LogP contribution in [0, 0.1) is 5.82 Å². The van der Waals surface area contributed by atoms with Crippen LogP contribution in [-0.4, -0.2) is 40.2 Å². The smallest absolute Gasteiger partial charge is 0.318 e. The molecule has 0 saturated heterocycles. The number of carbonyl (C=O) groups is 1. The molecule has 2 amide bonds. The molecular formula is C20H24ClFN4O2. The van der Waals surface area contributed by atoms with Gasteiger partial charge in [0.1, 0.15) is 11.6 Å². The number of aliphatic hydroxyl groups excluding tert-OH is 1. The third kappa shape index (κ3) is 4.72. The van der Waals surface area contributed by atoms with Crippen molar-refractivity contribution in [2.75, 3.05) is 18.5 Å². The molecule has 0 unspecified atom stereocenters. The molecule has 2 atom stereocenters. The Balaban J connectivity index is 1.66. The zero-order chi connectivity index (χ0) is 20.3. The molecule has 8 heteroatoms. The number of anilines is 1. The van der Waals surface area contributed by atoms with Crippen molar-refractivity contribution in [3.63, 3.8) is 0 Å². The normalized spacial score (nSPS) is 15.5. The summed E-state index contributed by atoms with van der Waals surface area (Å²) in [6, 6.07) is 5.77. The SMILES string of the molecule is C[C@@H](CO)Nc1cc2c(cn1)CCN(C(=O)N[C@H](C)c1ccc(F)c(Cl)c1)C2. The first-order valence-corrected chi connectivity index (χ1v) is 9.60. The minimum absolute atomic E-state index is 0.0125. The molecule has 150 valence electrons. The van der Waals surface area contributed by atoms with Gasteiger partial charge < -0.3 is 20.6 Å². The van der Waals surface area contributed by atoms with Gasteiger partial charge in [0.05, 0.1) is 17.7 Å². The maximum atomic E-state index is 13.3. The maximum absolute atomic E-state index is 13.3. The Morgan fingerprint density at radius 1 is 1.36 bits per heavy atom. The average molecular weight is 407 g/mol. The van der Waals surface area contributed by atoms with E-state index in [9.17, 15) is 14.3 Å². The van der Waals surface area contributed by atoms with Crippen molar-refractivity contribution in [2.45, 2.75) is 38.9 Å². The van der Waals surface area contributed by atoms with Crippen molar-refractivity contribution in [2.24, 2.45) is 0 Å². The Morgan fingerprint density at radius 3 is 2.86 bits per heavy atom. The number of hydrogen-bond acceptors (Lipinski definition) is 4. The van der Waals surface area contributed by atoms with E-state index in [4.69, 9.17) is 11.6 Å². The first kappa shape index (κ1) is 20.4. The van der Waals surface area contributed by atoms with Crippen LogP contribution in [0.15, 0.2) is 30.5 Å². The number of pyridine rings is 1. The van der Waals surface area contributed by atoms with Crippen LogP contribution in [0.25, 0.3) is 0 Å². The maximum Gasteiger partial charge on any atom is 0.318 e. The Kier molecular flexibility index (Phi) is 6.36. The highest BCUT2D eigenvalue weighted by atomic mass is 35.5. The number of carbonyl (C=O) groups excluding carboxylic acids is 1. The van der Waals surface area contributed by atoms with Crippen LogP contribution >= 0.6 is 11.6 Å². The molecule has 2 heterocycles. The quantitative estimate of drug-likeness (QED) is 0.710. The van der Waals surface area contributed by atoms with Crippen LogP contribution in [0.2, 0.25) is 5.02 Å². The number of amides is 2. The first-order chi connectivity index (χ1) is 13.4. The number of aromatic nitrogens is 1. The highest BCUT2D eigenvalue weighted by molar-refractivity contribution is 6.30. The highest BCUT2D eigenvalue weighted by Gasteiger charge is 2.23. The number of hydrogen-bond donors (Lipinski definition) is 3. The molecule has 1 aromatic heterocycles. The Bertz CT molecular complexity index is 864. The number of rotatable bonds is 5. The lowest BCUT2D eigenvalue weighted by atomic mass is 10.0. The fourth-order valence-corrected chi connectivity index (χ4v) is 3.32. The molecular weight excluding hydrogens is 383 g/mol. The van der Waals surface area contributed by atoms with Crippen LogP contribution in [0.4, 0.5) is 15.0 Å². The van der Waals surface area contributed by atoms with E-state index in [2.05, 4.69) is 15.6 Å². The van der Waals surface area contributed by atoms with E-state index >= 15 is 0 Å². The van der Waals surface area contributed by atoms with Crippen molar-refractivity contribution in [3.8, 4) is 0 Å². The number of fused-ring (bicyclic) bond motifs is 1. The topological polar surface area (TPSA) is 77.5 Å². The fraction of sp³-hybridized carbons (Fsp3) is 0.400. The highest BCUT2D eigenvalue weighted by Crippen LogP contribution is 2.23. The predicted octanol–water partition coefficient (Wildman–Crippen LogP) is 3.50. The van der Waals surface area contributed by atoms with E-state index in [1.807, 2.05) is 26.1 Å². The molecule has 0 spiro atoms. The molecule has 1 aromatic carbocycles. The van der Waals surface area contributed by atoms with Crippen LogP contribution in [0.3, 0.4) is 0 Å². The van der Waals surface area contributed by atoms with Gasteiger partial charge in [-0.1, -0.05) is 17.7 Å². The molecule has 2 aromatic rings. The predicted molar refractivity (Wildman–Crippen MR) is 107 cm³/mol. The molecule has 6 nitrogen and oxygen atoms in total. The molecule has 1 aliphatic heterocycles. The van der Waals surface area contributed by atoms with Crippen molar-refractivity contribution in [1.82, 2.24) is 15.2 Å². The van der Waals surface area contributed by atoms with Gasteiger partial charge in [-0.15, -0.1) is 0 Å². The van der Waals surface area contributed by atoms with E-state index in [0.717, 1.165) is 23.1 Å². The second-order valence-corrected chi connectivity index (χ2v) is 7.49. The van der Waals surface area contributed by atoms with Gasteiger partial charge in [-0.25, -0.2) is 14.2 Å². The van der Waals surface area contributed by atoms with Gasteiger partial charge >= 0.3 is 6.03 Å². The first-order valence-electron chi connectivity index (χ1n) is 9.23. The molecule has 0 bridgehead atoms. The van der Waals surface area contributed by atoms with Crippen molar-refractivity contribution in [1.29, 1.82) is 0 Å². The third-order valence-corrected chi connectivity index (χ3v) is 5.12.